The second kappa shape index (κ2) is 41.3. The van der Waals surface area contributed by atoms with Gasteiger partial charge in [0.1, 0.15) is 83.4 Å². The Morgan fingerprint density at radius 2 is 0.448 bits per heavy atom. The molecule has 0 heterocycles. The van der Waals surface area contributed by atoms with Crippen molar-refractivity contribution in [2.75, 3.05) is 0 Å². The number of carboxylic acid groups (broad SMARTS) is 5. The molecule has 5 aromatic rings. The highest BCUT2D eigenvalue weighted by Crippen LogP contribution is 2.19. The molecule has 0 aliphatic rings. The zero-order valence-electron chi connectivity index (χ0n) is 56.2. The first-order valence-corrected chi connectivity index (χ1v) is 32.7. The SMILES string of the molecule is N[C@@H](CCC(=O)O)C(=O)N[C@@H](Cc1ccc(O)cc1)C(=O)N[C@@H](CCC(=O)O)C(=O)N[C@@H](Cc1ccc(O)cc1)C(=O)N[C@@H](CCC(=O)O)C(=O)N[C@@H](Cc1ccc(O)cc1)C(=O)N[C@@H](CCC(=O)O)C(=O)N[C@@H](Cc1ccc(O)cc1)C(=O)N[C@@H](CCC(=O)O)C(=O)N[C@H](C=O)Cc1ccc(O)cc1. The summed E-state index contributed by atoms with van der Waals surface area (Å²) in [6.45, 7) is 0. The number of carbonyl (C=O) groups excluding carboxylic acids is 10. The summed E-state index contributed by atoms with van der Waals surface area (Å²) in [7, 11) is 0. The molecule has 0 spiro atoms. The molecule has 0 radical (unpaired) electrons. The number of rotatable bonds is 44. The number of carboxylic acids is 5. The maximum atomic E-state index is 14.8. The molecule has 0 saturated carbocycles. The van der Waals surface area contributed by atoms with Gasteiger partial charge in [-0.1, -0.05) is 60.7 Å². The van der Waals surface area contributed by atoms with E-state index in [9.17, 15) is 123 Å². The first-order valence-electron chi connectivity index (χ1n) is 32.7. The molecular formula is C70H82N10O25. The number of carbonyl (C=O) groups is 15. The number of hydrogen-bond donors (Lipinski definition) is 20. The van der Waals surface area contributed by atoms with Crippen molar-refractivity contribution in [1.82, 2.24) is 47.9 Å². The smallest absolute Gasteiger partial charge is 0.303 e. The van der Waals surface area contributed by atoms with Gasteiger partial charge < -0.3 is 109 Å². The van der Waals surface area contributed by atoms with Gasteiger partial charge in [-0.3, -0.25) is 67.1 Å². The number of nitrogens with two attached hydrogens (primary N) is 1. The number of nitrogens with one attached hydrogen (secondary N) is 9. The van der Waals surface area contributed by atoms with Crippen LogP contribution in [0.3, 0.4) is 0 Å². The summed E-state index contributed by atoms with van der Waals surface area (Å²) in [5, 5.41) is 120. The molecule has 35 heteroatoms. The number of phenolic OH excluding ortho intramolecular Hbond substituents is 5. The summed E-state index contributed by atoms with van der Waals surface area (Å²) in [6.07, 6.45) is -8.58. The molecule has 0 bridgehead atoms. The van der Waals surface area contributed by atoms with Crippen LogP contribution >= 0.6 is 0 Å². The molecule has 21 N–H and O–H groups in total. The summed E-state index contributed by atoms with van der Waals surface area (Å²) < 4.78 is 0. The Balaban J connectivity index is 1.48. The van der Waals surface area contributed by atoms with Gasteiger partial charge in [0.15, 0.2) is 0 Å². The van der Waals surface area contributed by atoms with Crippen LogP contribution in [0.1, 0.15) is 92.0 Å². The molecule has 9 amide bonds. The highest BCUT2D eigenvalue weighted by molar-refractivity contribution is 5.99. The van der Waals surface area contributed by atoms with E-state index in [4.69, 9.17) is 5.73 Å². The van der Waals surface area contributed by atoms with Gasteiger partial charge in [-0.2, -0.15) is 0 Å². The van der Waals surface area contributed by atoms with Crippen LogP contribution in [0.25, 0.3) is 0 Å². The van der Waals surface area contributed by atoms with E-state index in [1.54, 1.807) is 0 Å². The average Bonchev–Trinajstić information content (AvgIpc) is 0.844. The number of aliphatic carboxylic acids is 5. The number of aldehydes is 1. The fraction of sp³-hybridized carbons (Fsp3) is 0.357. The van der Waals surface area contributed by atoms with Gasteiger partial charge >= 0.3 is 29.8 Å². The molecule has 5 rings (SSSR count). The lowest BCUT2D eigenvalue weighted by atomic mass is 10.0. The third-order valence-electron chi connectivity index (χ3n) is 16.0. The summed E-state index contributed by atoms with van der Waals surface area (Å²) in [6, 6.07) is 8.60. The van der Waals surface area contributed by atoms with Crippen molar-refractivity contribution in [3.05, 3.63) is 149 Å². The highest BCUT2D eigenvalue weighted by atomic mass is 16.4. The lowest BCUT2D eigenvalue weighted by molar-refractivity contribution is -0.139. The van der Waals surface area contributed by atoms with E-state index in [2.05, 4.69) is 47.9 Å². The van der Waals surface area contributed by atoms with E-state index in [0.29, 0.717) is 17.4 Å². The molecule has 0 saturated heterocycles. The fourth-order valence-electron chi connectivity index (χ4n) is 10.4. The average molecular weight is 1460 g/mol. The molecule has 0 fully saturated rings. The molecule has 105 heavy (non-hydrogen) atoms. The predicted molar refractivity (Wildman–Crippen MR) is 365 cm³/mol. The van der Waals surface area contributed by atoms with Gasteiger partial charge in [0.2, 0.25) is 53.2 Å². The zero-order chi connectivity index (χ0) is 77.4. The number of aromatic hydroxyl groups is 5. The molecule has 0 aromatic heterocycles. The van der Waals surface area contributed by atoms with E-state index in [-0.39, 0.29) is 64.7 Å². The van der Waals surface area contributed by atoms with E-state index in [1.165, 1.54) is 121 Å². The monoisotopic (exact) mass is 1460 g/mol. The second-order valence-corrected chi connectivity index (χ2v) is 24.4. The summed E-state index contributed by atoms with van der Waals surface area (Å²) in [5.74, 6) is -18.9. The fourth-order valence-corrected chi connectivity index (χ4v) is 10.4. The normalized spacial score (nSPS) is 13.8. The molecule has 5 aromatic carbocycles. The molecule has 35 nitrogen and oxygen atoms in total. The molecular weight excluding hydrogens is 1380 g/mol. The van der Waals surface area contributed by atoms with Gasteiger partial charge in [-0.25, -0.2) is 0 Å². The maximum absolute atomic E-state index is 14.8. The van der Waals surface area contributed by atoms with E-state index < -0.39 is 220 Å². The molecule has 0 unspecified atom stereocenters. The van der Waals surface area contributed by atoms with Crippen molar-refractivity contribution in [2.45, 2.75) is 157 Å². The van der Waals surface area contributed by atoms with Crippen molar-refractivity contribution in [3.8, 4) is 28.7 Å². The van der Waals surface area contributed by atoms with Crippen LogP contribution in [0.2, 0.25) is 0 Å². The predicted octanol–water partition coefficient (Wildman–Crippen LogP) is -1.06. The van der Waals surface area contributed by atoms with E-state index in [1.807, 2.05) is 0 Å². The Morgan fingerprint density at radius 1 is 0.267 bits per heavy atom. The Kier molecular flexibility index (Phi) is 32.6. The first-order chi connectivity index (χ1) is 49.7. The number of amides is 9. The lowest BCUT2D eigenvalue weighted by Crippen LogP contribution is -2.61. The minimum atomic E-state index is -1.98. The molecule has 0 aliphatic carbocycles. The third-order valence-corrected chi connectivity index (χ3v) is 16.0. The standard InChI is InChI=1S/C70H82N10O25/c71-48(21-26-57(87)88)62(97)77-53(32-38-3-13-44(83)14-4-38)67(102)74-50(23-28-59(91)92)64(99)79-55(34-40-7-17-46(85)18-8-40)69(104)76-52(25-30-61(95)96)66(101)80-56(35-41-9-19-47(86)20-10-41)70(105)75-51(24-29-60(93)94)65(100)78-54(33-39-5-15-45(84)16-6-39)68(103)73-49(22-27-58(89)90)63(98)72-42(36-81)31-37-1-11-43(82)12-2-37/h1-20,36,42,48-56,82-86H,21-35,71H2,(H,72,98)(H,73,103)(H,74,102)(H,75,105)(H,76,104)(H,77,97)(H,78,100)(H,79,99)(H,80,101)(H,87,88)(H,89,90)(H,91,92)(H,93,94)(H,95,96)/t42-,48-,49-,50-,51-,52-,53-,54-,55-,56-/m0/s1. The number of phenols is 5. The quantitative estimate of drug-likeness (QED) is 0.0207. The van der Waals surface area contributed by atoms with E-state index in [0.717, 1.165) is 0 Å². The van der Waals surface area contributed by atoms with Crippen molar-refractivity contribution in [2.24, 2.45) is 5.73 Å². The van der Waals surface area contributed by atoms with Crippen LogP contribution in [-0.2, 0) is 104 Å². The van der Waals surface area contributed by atoms with Crippen LogP contribution in [0, 0.1) is 0 Å². The van der Waals surface area contributed by atoms with Crippen LogP contribution < -0.4 is 53.6 Å². The topological polar surface area (TPSA) is 593 Å². The summed E-state index contributed by atoms with van der Waals surface area (Å²) in [4.78, 5) is 201. The van der Waals surface area contributed by atoms with Crippen LogP contribution in [0.15, 0.2) is 121 Å². The minimum Gasteiger partial charge on any atom is -0.508 e. The Hall–Kier alpha value is -12.7. The van der Waals surface area contributed by atoms with Crippen LogP contribution in [0.4, 0.5) is 0 Å². The van der Waals surface area contributed by atoms with Gasteiger partial charge in [0, 0.05) is 57.8 Å². The van der Waals surface area contributed by atoms with Gasteiger partial charge in [0.25, 0.3) is 0 Å². The number of hydrogen-bond acceptors (Lipinski definition) is 21. The van der Waals surface area contributed by atoms with Crippen LogP contribution in [0.5, 0.6) is 28.7 Å². The van der Waals surface area contributed by atoms with Crippen molar-refractivity contribution in [1.29, 1.82) is 0 Å². The van der Waals surface area contributed by atoms with Gasteiger partial charge in [-0.05, 0) is 127 Å². The Labute approximate surface area is 598 Å². The zero-order valence-corrected chi connectivity index (χ0v) is 56.2. The van der Waals surface area contributed by atoms with Crippen molar-refractivity contribution < 1.29 is 123 Å². The van der Waals surface area contributed by atoms with Gasteiger partial charge in [0.05, 0.1) is 12.1 Å². The molecule has 0 aliphatic heterocycles. The minimum absolute atomic E-state index is 0.0951. The molecule has 10 atom stereocenters. The maximum Gasteiger partial charge on any atom is 0.303 e. The Morgan fingerprint density at radius 3 is 0.667 bits per heavy atom. The second-order valence-electron chi connectivity index (χ2n) is 24.4. The highest BCUT2D eigenvalue weighted by Gasteiger charge is 2.37. The van der Waals surface area contributed by atoms with Crippen molar-refractivity contribution in [3.63, 3.8) is 0 Å². The van der Waals surface area contributed by atoms with Crippen LogP contribution in [-0.4, -0.2) is 201 Å². The summed E-state index contributed by atoms with van der Waals surface area (Å²) in [5.41, 5.74) is 7.38. The number of benzene rings is 5. The van der Waals surface area contributed by atoms with E-state index >= 15 is 0 Å². The lowest BCUT2D eigenvalue weighted by Gasteiger charge is -2.28. The third kappa shape index (κ3) is 29.8. The summed E-state index contributed by atoms with van der Waals surface area (Å²) >= 11 is 0. The first kappa shape index (κ1) is 83.0. The van der Waals surface area contributed by atoms with Crippen molar-refractivity contribution >= 4 is 89.3 Å². The van der Waals surface area contributed by atoms with Gasteiger partial charge in [-0.15, -0.1) is 0 Å². The molecule has 562 valence electrons. The largest absolute Gasteiger partial charge is 0.508 e. The Bertz CT molecular complexity index is 3880.